The van der Waals surface area contributed by atoms with Crippen molar-refractivity contribution in [1.29, 1.82) is 0 Å². The molecule has 2 fully saturated rings. The number of amides is 2. The predicted octanol–water partition coefficient (Wildman–Crippen LogP) is 8.96. The minimum Gasteiger partial charge on any atom is -0.507 e. The van der Waals surface area contributed by atoms with Gasteiger partial charge in [-0.15, -0.1) is 11.6 Å². The number of benzene rings is 5. The van der Waals surface area contributed by atoms with E-state index < -0.39 is 0 Å². The van der Waals surface area contributed by atoms with Crippen LogP contribution in [0.1, 0.15) is 65.9 Å². The second kappa shape index (κ2) is 14.3. The van der Waals surface area contributed by atoms with Crippen molar-refractivity contribution in [2.45, 2.75) is 31.0 Å². The largest absolute Gasteiger partial charge is 0.507 e. The number of anilines is 1. The summed E-state index contributed by atoms with van der Waals surface area (Å²) in [7, 11) is 3.33. The summed E-state index contributed by atoms with van der Waals surface area (Å²) >= 11 is 6.28. The number of piperidine rings is 1. The number of alkyl halides is 1. The molecule has 5 aromatic carbocycles. The number of aromatic amines is 2. The third-order valence-electron chi connectivity index (χ3n) is 12.5. The van der Waals surface area contributed by atoms with E-state index in [9.17, 15) is 19.5 Å². The lowest BCUT2D eigenvalue weighted by Crippen LogP contribution is -2.33. The fourth-order valence-corrected chi connectivity index (χ4v) is 9.97. The van der Waals surface area contributed by atoms with Crippen LogP contribution in [0.5, 0.6) is 5.75 Å². The maximum atomic E-state index is 13.4. The zero-order chi connectivity index (χ0) is 40.6. The van der Waals surface area contributed by atoms with Gasteiger partial charge in [-0.1, -0.05) is 60.7 Å². The van der Waals surface area contributed by atoms with E-state index in [0.717, 1.165) is 78.2 Å². The first-order valence-corrected chi connectivity index (χ1v) is 20.3. The second-order valence-electron chi connectivity index (χ2n) is 15.9. The summed E-state index contributed by atoms with van der Waals surface area (Å²) in [5, 5.41) is 14.2. The number of nitrogens with zero attached hydrogens (tertiary/aromatic N) is 2. The third kappa shape index (κ3) is 5.96. The normalized spacial score (nSPS) is 19.9. The number of H-pyrrole nitrogens is 2. The molecule has 11 rings (SSSR count). The van der Waals surface area contributed by atoms with Crippen LogP contribution in [0.25, 0.3) is 32.6 Å². The van der Waals surface area contributed by atoms with E-state index in [0.29, 0.717) is 49.5 Å². The molecular formula is C48H41ClN4O6. The van der Waals surface area contributed by atoms with Crippen LogP contribution in [0.2, 0.25) is 0 Å². The predicted molar refractivity (Wildman–Crippen MR) is 228 cm³/mol. The number of hydrogen-bond acceptors (Lipinski definition) is 6. The smallest absolute Gasteiger partial charge is 0.274 e. The van der Waals surface area contributed by atoms with Gasteiger partial charge in [0.2, 0.25) is 0 Å². The van der Waals surface area contributed by atoms with Gasteiger partial charge in [0.1, 0.15) is 17.1 Å². The van der Waals surface area contributed by atoms with Gasteiger partial charge in [0.05, 0.1) is 18.9 Å². The van der Waals surface area contributed by atoms with Crippen molar-refractivity contribution in [3.05, 3.63) is 154 Å². The van der Waals surface area contributed by atoms with Crippen LogP contribution in [0.15, 0.2) is 115 Å². The average Bonchev–Trinajstić information content (AvgIpc) is 3.66. The van der Waals surface area contributed by atoms with Crippen molar-refractivity contribution in [3.8, 4) is 5.75 Å². The van der Waals surface area contributed by atoms with Crippen molar-refractivity contribution in [1.82, 2.24) is 14.9 Å². The Morgan fingerprint density at radius 1 is 0.780 bits per heavy atom. The van der Waals surface area contributed by atoms with Gasteiger partial charge in [0.15, 0.2) is 5.78 Å². The van der Waals surface area contributed by atoms with Gasteiger partial charge in [-0.25, -0.2) is 0 Å². The molecule has 3 atom stereocenters. The molecule has 296 valence electrons. The zero-order valence-corrected chi connectivity index (χ0v) is 33.3. The van der Waals surface area contributed by atoms with E-state index in [1.807, 2.05) is 95.9 Å². The molecule has 2 aliphatic carbocycles. The Morgan fingerprint density at radius 2 is 1.39 bits per heavy atom. The highest BCUT2D eigenvalue weighted by Crippen LogP contribution is 2.66. The zero-order valence-electron chi connectivity index (χ0n) is 32.6. The number of allylic oxidation sites excluding steroid dienone is 2. The number of ether oxygens (including phenoxy) is 2. The molecule has 11 heteroatoms. The van der Waals surface area contributed by atoms with Crippen LogP contribution in [-0.4, -0.2) is 70.8 Å². The average molecular weight is 805 g/mol. The molecule has 0 bridgehead atoms. The second-order valence-corrected chi connectivity index (χ2v) is 16.3. The Kier molecular flexibility index (Phi) is 8.97. The van der Waals surface area contributed by atoms with Crippen molar-refractivity contribution in [3.63, 3.8) is 0 Å². The van der Waals surface area contributed by atoms with Gasteiger partial charge < -0.3 is 34.3 Å². The molecule has 1 spiro atoms. The van der Waals surface area contributed by atoms with Crippen LogP contribution >= 0.6 is 11.6 Å². The van der Waals surface area contributed by atoms with Crippen LogP contribution in [0.4, 0.5) is 5.69 Å². The fourth-order valence-electron chi connectivity index (χ4n) is 9.72. The summed E-state index contributed by atoms with van der Waals surface area (Å²) in [4.78, 5) is 49.5. The molecule has 0 unspecified atom stereocenters. The lowest BCUT2D eigenvalue weighted by Gasteiger charge is -2.29. The van der Waals surface area contributed by atoms with E-state index in [-0.39, 0.29) is 34.7 Å². The first-order chi connectivity index (χ1) is 28.7. The van der Waals surface area contributed by atoms with Gasteiger partial charge in [0.25, 0.3) is 11.8 Å². The number of nitrogens with one attached hydrogen (secondary N) is 2. The van der Waals surface area contributed by atoms with Crippen molar-refractivity contribution in [2.24, 2.45) is 5.92 Å². The number of methoxy groups -OCH3 is 2. The molecular weight excluding hydrogens is 764 g/mol. The number of carbonyl (C=O) groups is 3. The van der Waals surface area contributed by atoms with Crippen molar-refractivity contribution < 1.29 is 29.0 Å². The summed E-state index contributed by atoms with van der Waals surface area (Å²) in [6, 6.07) is 32.9. The van der Waals surface area contributed by atoms with Crippen LogP contribution < -0.4 is 4.90 Å². The standard InChI is InChI=1S/C24H21ClN2O3.C24H20N2O3/c1-30-13-14-6-7-19-15(8-14)9-20(26-19)24(29)27-12-16(11-25)23-18-5-3-2-4-17(18)22(28)10-21(23)27;1-29-13-14-6-7-19-15(8-14)9-20(25-19)23(28)26-12-16-11-24(16)18-5-3-2-4-17(18)21(27)10-22(24)26/h2-10,16,26,28H,11-13H2,1H3;2-10,16,25H,11-13H2,1H3/t16-;16-,24-/m11/s1. The van der Waals surface area contributed by atoms with Crippen molar-refractivity contribution in [2.75, 3.05) is 38.1 Å². The van der Waals surface area contributed by atoms with E-state index in [1.165, 1.54) is 0 Å². The maximum absolute atomic E-state index is 13.4. The molecule has 4 heterocycles. The lowest BCUT2D eigenvalue weighted by atomic mass is 9.81. The van der Waals surface area contributed by atoms with Gasteiger partial charge in [-0.3, -0.25) is 14.4 Å². The first kappa shape index (κ1) is 37.1. The number of fused-ring (bicyclic) bond motifs is 6. The van der Waals surface area contributed by atoms with E-state index in [1.54, 1.807) is 31.3 Å². The van der Waals surface area contributed by atoms with Gasteiger partial charge in [0, 0.05) is 95.1 Å². The Labute approximate surface area is 345 Å². The monoisotopic (exact) mass is 804 g/mol. The first-order valence-electron chi connectivity index (χ1n) is 19.7. The number of likely N-dealkylation sites (tertiary alicyclic amines) is 1. The van der Waals surface area contributed by atoms with Gasteiger partial charge in [-0.2, -0.15) is 0 Å². The number of aromatic nitrogens is 2. The molecule has 2 aromatic heterocycles. The number of phenolic OH excluding ortho intramolecular Hbond substituents is 1. The van der Waals surface area contributed by atoms with E-state index in [2.05, 4.69) is 16.0 Å². The number of hydrogen-bond donors (Lipinski definition) is 3. The maximum Gasteiger partial charge on any atom is 0.274 e. The number of ketones is 1. The summed E-state index contributed by atoms with van der Waals surface area (Å²) in [5.74, 6) is 0.755. The molecule has 0 radical (unpaired) electrons. The van der Waals surface area contributed by atoms with Gasteiger partial charge >= 0.3 is 0 Å². The SMILES string of the molecule is COCc1ccc2[nH]c(C(=O)N3C[C@@H](CCl)c4c3cc(O)c3ccccc43)cc2c1.COCc1ccc2[nH]c(C(=O)N3C[C@H]4C[C@@]45C3=CC(=O)c3ccccc35)cc2c1. The Balaban J connectivity index is 0.000000143. The van der Waals surface area contributed by atoms with Crippen LogP contribution in [-0.2, 0) is 28.1 Å². The summed E-state index contributed by atoms with van der Waals surface area (Å²) < 4.78 is 10.4. The minimum absolute atomic E-state index is 0.00701. The highest BCUT2D eigenvalue weighted by molar-refractivity contribution is 6.19. The van der Waals surface area contributed by atoms with Crippen LogP contribution in [0.3, 0.4) is 0 Å². The molecule has 3 N–H and O–H groups in total. The molecule has 1 saturated carbocycles. The lowest BCUT2D eigenvalue weighted by molar-refractivity contribution is 0.0806. The van der Waals surface area contributed by atoms with E-state index >= 15 is 0 Å². The molecule has 7 aromatic rings. The summed E-state index contributed by atoms with van der Waals surface area (Å²) in [6.45, 7) is 2.20. The summed E-state index contributed by atoms with van der Waals surface area (Å²) in [6.07, 6.45) is 2.70. The topological polar surface area (TPSA) is 128 Å². The number of rotatable bonds is 7. The molecule has 2 aliphatic heterocycles. The van der Waals surface area contributed by atoms with Crippen molar-refractivity contribution >= 4 is 67.5 Å². The fraction of sp³-hybridized carbons (Fsp3) is 0.229. The molecule has 2 amide bonds. The third-order valence-corrected chi connectivity index (χ3v) is 12.8. The number of carbonyl (C=O) groups excluding carboxylic acids is 3. The Hall–Kier alpha value is -6.20. The van der Waals surface area contributed by atoms with Gasteiger partial charge in [-0.05, 0) is 76.4 Å². The minimum atomic E-state index is -0.155. The Morgan fingerprint density at radius 3 is 2.03 bits per heavy atom. The quantitative estimate of drug-likeness (QED) is 0.138. The highest BCUT2D eigenvalue weighted by Gasteiger charge is 2.67. The number of aromatic hydroxyl groups is 1. The molecule has 10 nitrogen and oxygen atoms in total. The van der Waals surface area contributed by atoms with Crippen LogP contribution in [0, 0.1) is 5.92 Å². The van der Waals surface area contributed by atoms with E-state index in [4.69, 9.17) is 21.1 Å². The molecule has 4 aliphatic rings. The summed E-state index contributed by atoms with van der Waals surface area (Å²) in [5.41, 5.74) is 9.32. The highest BCUT2D eigenvalue weighted by atomic mass is 35.5. The number of phenols is 1. The number of halogens is 1. The molecule has 59 heavy (non-hydrogen) atoms. The Bertz CT molecular complexity index is 2910. The molecule has 1 saturated heterocycles.